The van der Waals surface area contributed by atoms with Crippen molar-refractivity contribution >= 4 is 0 Å². The molecular formula is C11H12FN. The number of hydrogen-bond acceptors (Lipinski definition) is 1. The van der Waals surface area contributed by atoms with Crippen LogP contribution in [0, 0.1) is 18.2 Å². The number of nitrogens with one attached hydrogen (secondary N) is 1. The second kappa shape index (κ2) is 5.34. The molecule has 0 aliphatic rings. The van der Waals surface area contributed by atoms with Crippen LogP contribution in [0.15, 0.2) is 24.3 Å². The summed E-state index contributed by atoms with van der Waals surface area (Å²) in [6.45, 7) is 1.26. The predicted octanol–water partition coefficient (Wildman–Crippen LogP) is 1.94. The standard InChI is InChI=1S/C11H12FN/c1-2-3-8-13-9-10-6-4-5-7-11(10)12/h1,4-7,13H,3,8-9H2. The van der Waals surface area contributed by atoms with Crippen molar-refractivity contribution in [2.75, 3.05) is 6.54 Å². The molecule has 0 atom stereocenters. The van der Waals surface area contributed by atoms with Gasteiger partial charge < -0.3 is 5.32 Å². The first-order valence-corrected chi connectivity index (χ1v) is 4.22. The van der Waals surface area contributed by atoms with E-state index in [0.29, 0.717) is 18.5 Å². The molecule has 1 nitrogen and oxygen atoms in total. The van der Waals surface area contributed by atoms with E-state index in [4.69, 9.17) is 6.42 Å². The van der Waals surface area contributed by atoms with Gasteiger partial charge in [-0.15, -0.1) is 12.3 Å². The molecule has 1 N–H and O–H groups in total. The lowest BCUT2D eigenvalue weighted by Crippen LogP contribution is -2.14. The summed E-state index contributed by atoms with van der Waals surface area (Å²) in [5.41, 5.74) is 0.680. The summed E-state index contributed by atoms with van der Waals surface area (Å²) in [6.07, 6.45) is 5.75. The molecule has 0 bridgehead atoms. The van der Waals surface area contributed by atoms with Gasteiger partial charge in [0.15, 0.2) is 0 Å². The summed E-state index contributed by atoms with van der Waals surface area (Å²) in [7, 11) is 0. The van der Waals surface area contributed by atoms with Crippen LogP contribution in [0.5, 0.6) is 0 Å². The van der Waals surface area contributed by atoms with E-state index < -0.39 is 0 Å². The molecule has 0 unspecified atom stereocenters. The molecule has 1 aromatic carbocycles. The molecule has 1 aromatic rings. The Hall–Kier alpha value is -1.33. The largest absolute Gasteiger partial charge is 0.312 e. The number of rotatable bonds is 4. The van der Waals surface area contributed by atoms with Crippen molar-refractivity contribution in [3.63, 3.8) is 0 Å². The van der Waals surface area contributed by atoms with Gasteiger partial charge in [0.1, 0.15) is 5.82 Å². The van der Waals surface area contributed by atoms with E-state index in [0.717, 1.165) is 6.54 Å². The van der Waals surface area contributed by atoms with Crippen molar-refractivity contribution in [3.8, 4) is 12.3 Å². The summed E-state index contributed by atoms with van der Waals surface area (Å²) < 4.78 is 13.0. The number of halogens is 1. The van der Waals surface area contributed by atoms with Crippen LogP contribution in [0.25, 0.3) is 0 Å². The fraction of sp³-hybridized carbons (Fsp3) is 0.273. The van der Waals surface area contributed by atoms with Gasteiger partial charge in [-0.25, -0.2) is 4.39 Å². The van der Waals surface area contributed by atoms with E-state index in [-0.39, 0.29) is 5.82 Å². The Morgan fingerprint density at radius 1 is 1.38 bits per heavy atom. The molecule has 2 heteroatoms. The molecule has 0 saturated carbocycles. The van der Waals surface area contributed by atoms with Gasteiger partial charge >= 0.3 is 0 Å². The molecule has 0 aliphatic heterocycles. The van der Waals surface area contributed by atoms with E-state index in [1.165, 1.54) is 6.07 Å². The van der Waals surface area contributed by atoms with E-state index in [1.54, 1.807) is 12.1 Å². The van der Waals surface area contributed by atoms with E-state index in [9.17, 15) is 4.39 Å². The van der Waals surface area contributed by atoms with Crippen LogP contribution in [0.2, 0.25) is 0 Å². The zero-order chi connectivity index (χ0) is 9.52. The smallest absolute Gasteiger partial charge is 0.127 e. The maximum absolute atomic E-state index is 13.0. The average molecular weight is 177 g/mol. The first-order valence-electron chi connectivity index (χ1n) is 4.22. The fourth-order valence-corrected chi connectivity index (χ4v) is 1.03. The van der Waals surface area contributed by atoms with Gasteiger partial charge in [-0.2, -0.15) is 0 Å². The van der Waals surface area contributed by atoms with Crippen LogP contribution in [-0.2, 0) is 6.54 Å². The van der Waals surface area contributed by atoms with Crippen LogP contribution < -0.4 is 5.32 Å². The highest BCUT2D eigenvalue weighted by Gasteiger charge is 1.97. The molecular weight excluding hydrogens is 165 g/mol. The monoisotopic (exact) mass is 177 g/mol. The molecule has 0 saturated heterocycles. The topological polar surface area (TPSA) is 12.0 Å². The van der Waals surface area contributed by atoms with Crippen LogP contribution in [0.1, 0.15) is 12.0 Å². The maximum Gasteiger partial charge on any atom is 0.127 e. The lowest BCUT2D eigenvalue weighted by Gasteiger charge is -2.03. The Kier molecular flexibility index (Phi) is 4.01. The van der Waals surface area contributed by atoms with Gasteiger partial charge in [-0.05, 0) is 6.07 Å². The van der Waals surface area contributed by atoms with E-state index in [2.05, 4.69) is 11.2 Å². The maximum atomic E-state index is 13.0. The van der Waals surface area contributed by atoms with Gasteiger partial charge in [0.25, 0.3) is 0 Å². The van der Waals surface area contributed by atoms with Crippen molar-refractivity contribution in [1.82, 2.24) is 5.32 Å². The second-order valence-electron chi connectivity index (χ2n) is 2.72. The van der Waals surface area contributed by atoms with Crippen LogP contribution in [-0.4, -0.2) is 6.54 Å². The van der Waals surface area contributed by atoms with Crippen LogP contribution in [0.4, 0.5) is 4.39 Å². The highest BCUT2D eigenvalue weighted by molar-refractivity contribution is 5.16. The third kappa shape index (κ3) is 3.27. The SMILES string of the molecule is C#CCCNCc1ccccc1F. The second-order valence-corrected chi connectivity index (χ2v) is 2.72. The van der Waals surface area contributed by atoms with Gasteiger partial charge in [0, 0.05) is 25.1 Å². The first-order chi connectivity index (χ1) is 6.34. The lowest BCUT2D eigenvalue weighted by atomic mass is 10.2. The molecule has 0 amide bonds. The normalized spacial score (nSPS) is 9.54. The Balaban J connectivity index is 2.37. The minimum Gasteiger partial charge on any atom is -0.312 e. The number of terminal acetylenes is 1. The molecule has 1 rings (SSSR count). The summed E-state index contributed by atoms with van der Waals surface area (Å²) in [5.74, 6) is 2.34. The summed E-state index contributed by atoms with van der Waals surface area (Å²) in [6, 6.07) is 6.72. The summed E-state index contributed by atoms with van der Waals surface area (Å²) in [5, 5.41) is 3.06. The van der Waals surface area contributed by atoms with Gasteiger partial charge in [0.05, 0.1) is 0 Å². The van der Waals surface area contributed by atoms with Crippen LogP contribution >= 0.6 is 0 Å². The summed E-state index contributed by atoms with van der Waals surface area (Å²) in [4.78, 5) is 0. The summed E-state index contributed by atoms with van der Waals surface area (Å²) >= 11 is 0. The van der Waals surface area contributed by atoms with Crippen LogP contribution in [0.3, 0.4) is 0 Å². The Bertz CT molecular complexity index is 301. The predicted molar refractivity (Wildman–Crippen MR) is 51.6 cm³/mol. The zero-order valence-electron chi connectivity index (χ0n) is 7.39. The molecule has 0 fully saturated rings. The Morgan fingerprint density at radius 2 is 2.15 bits per heavy atom. The fourth-order valence-electron chi connectivity index (χ4n) is 1.03. The zero-order valence-corrected chi connectivity index (χ0v) is 7.39. The molecule has 13 heavy (non-hydrogen) atoms. The lowest BCUT2D eigenvalue weighted by molar-refractivity contribution is 0.590. The van der Waals surface area contributed by atoms with E-state index >= 15 is 0 Å². The van der Waals surface area contributed by atoms with Crippen molar-refractivity contribution in [2.45, 2.75) is 13.0 Å². The molecule has 0 aliphatic carbocycles. The van der Waals surface area contributed by atoms with Crippen molar-refractivity contribution in [1.29, 1.82) is 0 Å². The number of benzene rings is 1. The Morgan fingerprint density at radius 3 is 2.85 bits per heavy atom. The molecule has 0 aromatic heterocycles. The molecule has 68 valence electrons. The molecule has 0 heterocycles. The quantitative estimate of drug-likeness (QED) is 0.547. The minimum atomic E-state index is -0.171. The van der Waals surface area contributed by atoms with Crippen molar-refractivity contribution in [3.05, 3.63) is 35.6 Å². The third-order valence-corrected chi connectivity index (χ3v) is 1.72. The minimum absolute atomic E-state index is 0.171. The molecule has 0 radical (unpaired) electrons. The molecule has 0 spiro atoms. The van der Waals surface area contributed by atoms with Gasteiger partial charge in [-0.1, -0.05) is 18.2 Å². The van der Waals surface area contributed by atoms with Gasteiger partial charge in [0.2, 0.25) is 0 Å². The third-order valence-electron chi connectivity index (χ3n) is 1.72. The average Bonchev–Trinajstić information content (AvgIpc) is 2.15. The number of hydrogen-bond donors (Lipinski definition) is 1. The van der Waals surface area contributed by atoms with Gasteiger partial charge in [-0.3, -0.25) is 0 Å². The first kappa shape index (κ1) is 9.76. The van der Waals surface area contributed by atoms with E-state index in [1.807, 2.05) is 6.07 Å². The van der Waals surface area contributed by atoms with Crippen molar-refractivity contribution < 1.29 is 4.39 Å². The Labute approximate surface area is 78.0 Å². The van der Waals surface area contributed by atoms with Crippen molar-refractivity contribution in [2.24, 2.45) is 0 Å². The highest BCUT2D eigenvalue weighted by Crippen LogP contribution is 2.04. The highest BCUT2D eigenvalue weighted by atomic mass is 19.1.